The van der Waals surface area contributed by atoms with E-state index < -0.39 is 0 Å². The number of benzene rings is 1. The number of hydrogen-bond acceptors (Lipinski definition) is 2. The normalized spacial score (nSPS) is 10.2. The number of amides is 1. The highest BCUT2D eigenvalue weighted by Gasteiger charge is 2.11. The van der Waals surface area contributed by atoms with Crippen LogP contribution in [0.15, 0.2) is 36.5 Å². The number of rotatable bonds is 2. The van der Waals surface area contributed by atoms with Crippen LogP contribution in [0.5, 0.6) is 0 Å². The van der Waals surface area contributed by atoms with Gasteiger partial charge in [0.1, 0.15) is 0 Å². The number of nitrogens with one attached hydrogen (secondary N) is 1. The van der Waals surface area contributed by atoms with Crippen LogP contribution in [0.1, 0.15) is 16.1 Å². The second kappa shape index (κ2) is 5.38. The van der Waals surface area contributed by atoms with Crippen LogP contribution in [0, 0.1) is 6.92 Å². The van der Waals surface area contributed by atoms with Gasteiger partial charge in [-0.15, -0.1) is 0 Å². The summed E-state index contributed by atoms with van der Waals surface area (Å²) >= 11 is 11.8. The van der Waals surface area contributed by atoms with E-state index in [1.54, 1.807) is 24.4 Å². The van der Waals surface area contributed by atoms with Gasteiger partial charge in [0.2, 0.25) is 0 Å². The highest BCUT2D eigenvalue weighted by Crippen LogP contribution is 2.21. The molecule has 0 aliphatic heterocycles. The Bertz CT molecular complexity index is 582. The molecule has 5 heteroatoms. The van der Waals surface area contributed by atoms with E-state index in [2.05, 4.69) is 10.3 Å². The Morgan fingerprint density at radius 2 is 2.00 bits per heavy atom. The van der Waals surface area contributed by atoms with Crippen molar-refractivity contribution in [1.29, 1.82) is 0 Å². The smallest absolute Gasteiger partial charge is 0.257 e. The molecule has 1 N–H and O–H groups in total. The van der Waals surface area contributed by atoms with Crippen LogP contribution >= 0.6 is 23.2 Å². The van der Waals surface area contributed by atoms with Crippen molar-refractivity contribution in [3.05, 3.63) is 57.8 Å². The van der Waals surface area contributed by atoms with Gasteiger partial charge >= 0.3 is 0 Å². The Balaban J connectivity index is 2.21. The molecule has 18 heavy (non-hydrogen) atoms. The molecule has 0 fully saturated rings. The number of carbonyl (C=O) groups excluding carboxylic acids is 1. The van der Waals surface area contributed by atoms with E-state index in [9.17, 15) is 4.79 Å². The van der Waals surface area contributed by atoms with Crippen LogP contribution in [0.25, 0.3) is 0 Å². The third-order valence-corrected chi connectivity index (χ3v) is 2.91. The molecule has 0 unspecified atom stereocenters. The van der Waals surface area contributed by atoms with Crippen molar-refractivity contribution in [1.82, 2.24) is 4.98 Å². The zero-order chi connectivity index (χ0) is 13.1. The minimum Gasteiger partial charge on any atom is -0.321 e. The van der Waals surface area contributed by atoms with Crippen LogP contribution in [0.3, 0.4) is 0 Å². The lowest BCUT2D eigenvalue weighted by Crippen LogP contribution is -2.12. The third kappa shape index (κ3) is 3.00. The van der Waals surface area contributed by atoms with E-state index in [-0.39, 0.29) is 5.91 Å². The maximum atomic E-state index is 12.0. The van der Waals surface area contributed by atoms with Crippen molar-refractivity contribution in [2.75, 3.05) is 5.32 Å². The Morgan fingerprint density at radius 3 is 2.67 bits per heavy atom. The molecule has 0 radical (unpaired) electrons. The number of anilines is 1. The molecule has 92 valence electrons. The molecule has 2 rings (SSSR count). The lowest BCUT2D eigenvalue weighted by molar-refractivity contribution is 0.102. The van der Waals surface area contributed by atoms with E-state index in [4.69, 9.17) is 23.2 Å². The summed E-state index contributed by atoms with van der Waals surface area (Å²) in [5.41, 5.74) is 1.83. The van der Waals surface area contributed by atoms with Gasteiger partial charge in [-0.25, -0.2) is 0 Å². The summed E-state index contributed by atoms with van der Waals surface area (Å²) < 4.78 is 0. The lowest BCUT2D eigenvalue weighted by Gasteiger charge is -2.07. The molecule has 0 saturated heterocycles. The average Bonchev–Trinajstić information content (AvgIpc) is 2.35. The lowest BCUT2D eigenvalue weighted by atomic mass is 10.2. The van der Waals surface area contributed by atoms with Crippen LogP contribution in [-0.2, 0) is 0 Å². The van der Waals surface area contributed by atoms with Gasteiger partial charge in [0.05, 0.1) is 22.5 Å². The van der Waals surface area contributed by atoms with Gasteiger partial charge in [0.15, 0.2) is 0 Å². The molecule has 2 aromatic rings. The van der Waals surface area contributed by atoms with Gasteiger partial charge in [-0.1, -0.05) is 23.2 Å². The quantitative estimate of drug-likeness (QED) is 0.905. The predicted octanol–water partition coefficient (Wildman–Crippen LogP) is 3.95. The Labute approximate surface area is 115 Å². The van der Waals surface area contributed by atoms with E-state index in [1.807, 2.05) is 13.0 Å². The number of carbonyl (C=O) groups is 1. The van der Waals surface area contributed by atoms with Crippen molar-refractivity contribution < 1.29 is 4.79 Å². The highest BCUT2D eigenvalue weighted by atomic mass is 35.5. The van der Waals surface area contributed by atoms with Crippen LogP contribution in [0.2, 0.25) is 10.0 Å². The van der Waals surface area contributed by atoms with Gasteiger partial charge in [-0.05, 0) is 37.3 Å². The molecular weight excluding hydrogens is 271 g/mol. The average molecular weight is 281 g/mol. The molecule has 0 saturated carbocycles. The molecule has 3 nitrogen and oxygen atoms in total. The maximum Gasteiger partial charge on any atom is 0.257 e. The van der Waals surface area contributed by atoms with Crippen molar-refractivity contribution in [2.45, 2.75) is 6.92 Å². The number of hydrogen-bond donors (Lipinski definition) is 1. The first-order valence-electron chi connectivity index (χ1n) is 5.25. The van der Waals surface area contributed by atoms with Crippen molar-refractivity contribution >= 4 is 34.8 Å². The molecular formula is C13H10Cl2N2O. The number of aromatic nitrogens is 1. The second-order valence-corrected chi connectivity index (χ2v) is 4.61. The van der Waals surface area contributed by atoms with Gasteiger partial charge < -0.3 is 5.32 Å². The fraction of sp³-hybridized carbons (Fsp3) is 0.0769. The first-order chi connectivity index (χ1) is 8.56. The fourth-order valence-electron chi connectivity index (χ4n) is 1.41. The van der Waals surface area contributed by atoms with Gasteiger partial charge in [0, 0.05) is 10.7 Å². The minimum atomic E-state index is -0.312. The molecule has 0 atom stereocenters. The van der Waals surface area contributed by atoms with Crippen molar-refractivity contribution in [2.24, 2.45) is 0 Å². The van der Waals surface area contributed by atoms with E-state index in [0.717, 1.165) is 5.69 Å². The molecule has 0 aliphatic rings. The summed E-state index contributed by atoms with van der Waals surface area (Å²) in [6.07, 6.45) is 1.59. The molecule has 0 bridgehead atoms. The van der Waals surface area contributed by atoms with Crippen LogP contribution in [-0.4, -0.2) is 10.9 Å². The third-order valence-electron chi connectivity index (χ3n) is 2.34. The predicted molar refractivity (Wildman–Crippen MR) is 73.4 cm³/mol. The van der Waals surface area contributed by atoms with Gasteiger partial charge in [0.25, 0.3) is 5.91 Å². The molecule has 0 aliphatic carbocycles. The second-order valence-electron chi connectivity index (χ2n) is 3.77. The number of nitrogens with zero attached hydrogens (tertiary/aromatic N) is 1. The van der Waals surface area contributed by atoms with Gasteiger partial charge in [-0.3, -0.25) is 9.78 Å². The molecule has 1 aromatic carbocycles. The van der Waals surface area contributed by atoms with Crippen LogP contribution < -0.4 is 5.32 Å². The first kappa shape index (κ1) is 12.9. The standard InChI is InChI=1S/C13H10Cl2N2O/c1-8-2-4-10(7-16-8)17-13(18)11-6-9(14)3-5-12(11)15/h2-7H,1H3,(H,17,18). The summed E-state index contributed by atoms with van der Waals surface area (Å²) in [5, 5.41) is 3.53. The Kier molecular flexibility index (Phi) is 3.84. The molecule has 1 heterocycles. The summed E-state index contributed by atoms with van der Waals surface area (Å²) in [6.45, 7) is 1.87. The summed E-state index contributed by atoms with van der Waals surface area (Å²) in [5.74, 6) is -0.312. The van der Waals surface area contributed by atoms with Gasteiger partial charge in [-0.2, -0.15) is 0 Å². The van der Waals surface area contributed by atoms with E-state index in [0.29, 0.717) is 21.3 Å². The van der Waals surface area contributed by atoms with E-state index in [1.165, 1.54) is 6.07 Å². The minimum absolute atomic E-state index is 0.312. The fourth-order valence-corrected chi connectivity index (χ4v) is 1.79. The van der Waals surface area contributed by atoms with Crippen molar-refractivity contribution in [3.8, 4) is 0 Å². The molecule has 0 spiro atoms. The highest BCUT2D eigenvalue weighted by molar-refractivity contribution is 6.36. The SMILES string of the molecule is Cc1ccc(NC(=O)c2cc(Cl)ccc2Cl)cn1. The zero-order valence-electron chi connectivity index (χ0n) is 9.58. The number of halogens is 2. The van der Waals surface area contributed by atoms with E-state index >= 15 is 0 Å². The number of aryl methyl sites for hydroxylation is 1. The Hall–Kier alpha value is -1.58. The molecule has 1 aromatic heterocycles. The first-order valence-corrected chi connectivity index (χ1v) is 6.01. The summed E-state index contributed by atoms with van der Waals surface area (Å²) in [4.78, 5) is 16.1. The Morgan fingerprint density at radius 1 is 1.22 bits per heavy atom. The molecule has 1 amide bonds. The van der Waals surface area contributed by atoms with Crippen LogP contribution in [0.4, 0.5) is 5.69 Å². The monoisotopic (exact) mass is 280 g/mol. The summed E-state index contributed by atoms with van der Waals surface area (Å²) in [6, 6.07) is 8.34. The topological polar surface area (TPSA) is 42.0 Å². The largest absolute Gasteiger partial charge is 0.321 e. The summed E-state index contributed by atoms with van der Waals surface area (Å²) in [7, 11) is 0. The number of pyridine rings is 1. The van der Waals surface area contributed by atoms with Crippen molar-refractivity contribution in [3.63, 3.8) is 0 Å². The zero-order valence-corrected chi connectivity index (χ0v) is 11.1. The maximum absolute atomic E-state index is 12.0.